The zero-order chi connectivity index (χ0) is 16.0. The fraction of sp³-hybridized carbons (Fsp3) is 0.400. The van der Waals surface area contributed by atoms with Gasteiger partial charge in [0.2, 0.25) is 5.91 Å². The highest BCUT2D eigenvalue weighted by Gasteiger charge is 2.17. The summed E-state index contributed by atoms with van der Waals surface area (Å²) in [6, 6.07) is 6.71. The number of ketones is 1. The first-order chi connectivity index (χ1) is 9.67. The van der Waals surface area contributed by atoms with Gasteiger partial charge in [0.15, 0.2) is 5.78 Å². The van der Waals surface area contributed by atoms with Gasteiger partial charge in [0, 0.05) is 11.3 Å². The molecule has 1 aromatic rings. The van der Waals surface area contributed by atoms with Crippen LogP contribution in [0.4, 0.5) is 10.5 Å². The van der Waals surface area contributed by atoms with Crippen LogP contribution in [0.15, 0.2) is 24.3 Å². The third kappa shape index (κ3) is 6.56. The Morgan fingerprint density at radius 1 is 1.10 bits per heavy atom. The van der Waals surface area contributed by atoms with Crippen LogP contribution >= 0.6 is 0 Å². The predicted molar refractivity (Wildman–Crippen MR) is 79.3 cm³/mol. The first-order valence-electron chi connectivity index (χ1n) is 6.55. The number of ether oxygens (including phenoxy) is 1. The van der Waals surface area contributed by atoms with Gasteiger partial charge in [-0.25, -0.2) is 4.79 Å². The van der Waals surface area contributed by atoms with Crippen molar-refractivity contribution >= 4 is 23.5 Å². The molecule has 1 rings (SSSR count). The van der Waals surface area contributed by atoms with E-state index in [4.69, 9.17) is 4.74 Å². The molecule has 0 aliphatic heterocycles. The van der Waals surface area contributed by atoms with Crippen LogP contribution in [0.5, 0.6) is 0 Å². The molecule has 0 spiro atoms. The van der Waals surface area contributed by atoms with E-state index in [9.17, 15) is 14.4 Å². The molecule has 21 heavy (non-hydrogen) atoms. The van der Waals surface area contributed by atoms with Gasteiger partial charge in [-0.3, -0.25) is 14.9 Å². The van der Waals surface area contributed by atoms with Crippen molar-refractivity contribution in [3.8, 4) is 0 Å². The lowest BCUT2D eigenvalue weighted by Gasteiger charge is -2.19. The number of imide groups is 1. The number of nitrogens with one attached hydrogen (secondary N) is 2. The topological polar surface area (TPSA) is 84.5 Å². The molecule has 1 aromatic carbocycles. The second-order valence-corrected chi connectivity index (χ2v) is 5.54. The molecule has 0 bridgehead atoms. The highest BCUT2D eigenvalue weighted by atomic mass is 16.6. The van der Waals surface area contributed by atoms with Crippen LogP contribution in [-0.4, -0.2) is 29.9 Å². The summed E-state index contributed by atoms with van der Waals surface area (Å²) in [7, 11) is 0. The Bertz CT molecular complexity index is 530. The normalized spacial score (nSPS) is 10.7. The molecule has 0 aliphatic rings. The van der Waals surface area contributed by atoms with E-state index in [1.807, 2.05) is 0 Å². The van der Waals surface area contributed by atoms with Crippen LogP contribution in [0.25, 0.3) is 0 Å². The van der Waals surface area contributed by atoms with Gasteiger partial charge in [-0.1, -0.05) is 0 Å². The number of Topliss-reactive ketones (excluding diaryl/α,β-unsaturated/α-hetero) is 1. The minimum absolute atomic E-state index is 0.0239. The molecule has 6 heteroatoms. The largest absolute Gasteiger partial charge is 0.444 e. The molecule has 0 atom stereocenters. The summed E-state index contributed by atoms with van der Waals surface area (Å²) in [5.41, 5.74) is 0.624. The van der Waals surface area contributed by atoms with E-state index in [0.717, 1.165) is 0 Å². The monoisotopic (exact) mass is 292 g/mol. The van der Waals surface area contributed by atoms with Gasteiger partial charge in [-0.2, -0.15) is 0 Å². The lowest BCUT2D eigenvalue weighted by atomic mass is 10.1. The molecule has 0 saturated carbocycles. The standard InChI is InChI=1S/C15H20N2O4/c1-10(18)11-5-7-12(8-6-11)16-9-13(19)17-14(20)21-15(2,3)4/h5-8,16H,9H2,1-4H3,(H,17,19,20). The SMILES string of the molecule is CC(=O)c1ccc(NCC(=O)NC(=O)OC(C)(C)C)cc1. The maximum atomic E-state index is 11.6. The third-order valence-electron chi connectivity index (χ3n) is 2.38. The number of carbonyl (C=O) groups excluding carboxylic acids is 3. The van der Waals surface area contributed by atoms with Gasteiger partial charge in [-0.15, -0.1) is 0 Å². The smallest absolute Gasteiger partial charge is 0.414 e. The van der Waals surface area contributed by atoms with Crippen molar-refractivity contribution in [3.63, 3.8) is 0 Å². The summed E-state index contributed by atoms with van der Waals surface area (Å²) >= 11 is 0. The van der Waals surface area contributed by atoms with E-state index in [2.05, 4.69) is 10.6 Å². The Hall–Kier alpha value is -2.37. The zero-order valence-corrected chi connectivity index (χ0v) is 12.6. The van der Waals surface area contributed by atoms with E-state index in [1.54, 1.807) is 45.0 Å². The van der Waals surface area contributed by atoms with E-state index in [0.29, 0.717) is 11.3 Å². The molecule has 2 amide bonds. The number of alkyl carbamates (subject to hydrolysis) is 1. The fourth-order valence-electron chi connectivity index (χ4n) is 1.47. The number of carbonyl (C=O) groups is 3. The van der Waals surface area contributed by atoms with Gasteiger partial charge in [0.25, 0.3) is 0 Å². The van der Waals surface area contributed by atoms with Crippen molar-refractivity contribution in [2.45, 2.75) is 33.3 Å². The Morgan fingerprint density at radius 2 is 1.67 bits per heavy atom. The van der Waals surface area contributed by atoms with Crippen molar-refractivity contribution < 1.29 is 19.1 Å². The van der Waals surface area contributed by atoms with Gasteiger partial charge in [0.05, 0.1) is 6.54 Å². The number of amides is 2. The van der Waals surface area contributed by atoms with E-state index in [-0.39, 0.29) is 12.3 Å². The van der Waals surface area contributed by atoms with E-state index >= 15 is 0 Å². The number of hydrogen-bond donors (Lipinski definition) is 2. The number of anilines is 1. The lowest BCUT2D eigenvalue weighted by Crippen LogP contribution is -2.39. The van der Waals surface area contributed by atoms with Crippen molar-refractivity contribution in [2.75, 3.05) is 11.9 Å². The van der Waals surface area contributed by atoms with Crippen molar-refractivity contribution in [3.05, 3.63) is 29.8 Å². The molecule has 6 nitrogen and oxygen atoms in total. The molecule has 114 valence electrons. The van der Waals surface area contributed by atoms with Crippen LogP contribution in [0.1, 0.15) is 38.1 Å². The highest BCUT2D eigenvalue weighted by molar-refractivity contribution is 5.95. The summed E-state index contributed by atoms with van der Waals surface area (Å²) in [6.45, 7) is 6.55. The van der Waals surface area contributed by atoms with Gasteiger partial charge < -0.3 is 10.1 Å². The molecule has 2 N–H and O–H groups in total. The van der Waals surface area contributed by atoms with Crippen molar-refractivity contribution in [1.82, 2.24) is 5.32 Å². The van der Waals surface area contributed by atoms with Gasteiger partial charge >= 0.3 is 6.09 Å². The quantitative estimate of drug-likeness (QED) is 0.832. The molecule has 0 unspecified atom stereocenters. The van der Waals surface area contributed by atoms with Gasteiger partial charge in [-0.05, 0) is 52.0 Å². The van der Waals surface area contributed by atoms with Crippen molar-refractivity contribution in [2.24, 2.45) is 0 Å². The Labute approximate surface area is 123 Å². The summed E-state index contributed by atoms with van der Waals surface area (Å²) < 4.78 is 4.97. The molecular weight excluding hydrogens is 272 g/mol. The molecule has 0 fully saturated rings. The van der Waals surface area contributed by atoms with Crippen LogP contribution in [0.3, 0.4) is 0 Å². The zero-order valence-electron chi connectivity index (χ0n) is 12.6. The van der Waals surface area contributed by atoms with Crippen LogP contribution in [-0.2, 0) is 9.53 Å². The summed E-state index contributed by atoms with van der Waals surface area (Å²) in [5, 5.41) is 4.97. The average molecular weight is 292 g/mol. The van der Waals surface area contributed by atoms with Gasteiger partial charge in [0.1, 0.15) is 5.60 Å². The summed E-state index contributed by atoms with van der Waals surface area (Å²) in [5.74, 6) is -0.524. The van der Waals surface area contributed by atoms with Crippen LogP contribution in [0.2, 0.25) is 0 Å². The lowest BCUT2D eigenvalue weighted by molar-refractivity contribution is -0.119. The minimum atomic E-state index is -0.777. The Kier molecular flexibility index (Phi) is 5.46. The average Bonchev–Trinajstić information content (AvgIpc) is 2.34. The number of hydrogen-bond acceptors (Lipinski definition) is 5. The molecular formula is C15H20N2O4. The predicted octanol–water partition coefficient (Wildman–Crippen LogP) is 2.35. The maximum Gasteiger partial charge on any atom is 0.414 e. The molecule has 0 aliphatic carbocycles. The first kappa shape index (κ1) is 16.7. The first-order valence-corrected chi connectivity index (χ1v) is 6.55. The maximum absolute atomic E-state index is 11.6. The Morgan fingerprint density at radius 3 is 2.14 bits per heavy atom. The van der Waals surface area contributed by atoms with Crippen LogP contribution < -0.4 is 10.6 Å². The summed E-state index contributed by atoms with van der Waals surface area (Å²) in [6.07, 6.45) is -0.777. The molecule has 0 aromatic heterocycles. The second kappa shape index (κ2) is 6.88. The van der Waals surface area contributed by atoms with E-state index < -0.39 is 17.6 Å². The second-order valence-electron chi connectivity index (χ2n) is 5.54. The third-order valence-corrected chi connectivity index (χ3v) is 2.38. The molecule has 0 heterocycles. The van der Waals surface area contributed by atoms with E-state index in [1.165, 1.54) is 6.92 Å². The minimum Gasteiger partial charge on any atom is -0.444 e. The fourth-order valence-corrected chi connectivity index (χ4v) is 1.47. The number of benzene rings is 1. The van der Waals surface area contributed by atoms with Crippen molar-refractivity contribution in [1.29, 1.82) is 0 Å². The number of rotatable bonds is 4. The molecule has 0 saturated heterocycles. The summed E-state index contributed by atoms with van der Waals surface area (Å²) in [4.78, 5) is 34.1. The molecule has 0 radical (unpaired) electrons. The highest BCUT2D eigenvalue weighted by Crippen LogP contribution is 2.09. The Balaban J connectivity index is 2.42. The van der Waals surface area contributed by atoms with Crippen LogP contribution in [0, 0.1) is 0 Å².